The van der Waals surface area contributed by atoms with Crippen molar-refractivity contribution in [1.82, 2.24) is 30.2 Å². The zero-order valence-corrected chi connectivity index (χ0v) is 33.8. The van der Waals surface area contributed by atoms with Gasteiger partial charge in [0, 0.05) is 18.9 Å². The summed E-state index contributed by atoms with van der Waals surface area (Å²) in [6, 6.07) is 13.3. The van der Waals surface area contributed by atoms with Crippen LogP contribution in [0, 0.1) is 24.2 Å². The first-order valence-electron chi connectivity index (χ1n) is 19.7. The molecule has 4 bridgehead atoms. The van der Waals surface area contributed by atoms with Crippen LogP contribution in [0.2, 0.25) is 0 Å². The largest absolute Gasteiger partial charge is 0.472 e. The van der Waals surface area contributed by atoms with Crippen LogP contribution >= 0.6 is 0 Å². The summed E-state index contributed by atoms with van der Waals surface area (Å²) in [7, 11) is -4.06. The number of aryl methyl sites for hydroxylation is 1. The van der Waals surface area contributed by atoms with Gasteiger partial charge in [-0.15, -0.1) is 13.0 Å². The molecule has 1 unspecified atom stereocenters. The fourth-order valence-corrected chi connectivity index (χ4v) is 8.49. The Balaban J connectivity index is 1.37. The normalized spacial score (nSPS) is 21.9. The number of fused-ring (bicyclic) bond motifs is 3. The molecule has 3 aromatic rings. The molecule has 58 heavy (non-hydrogen) atoms. The average molecular weight is 814 g/mol. The van der Waals surface area contributed by atoms with E-state index in [1.807, 2.05) is 48.5 Å². The Morgan fingerprint density at radius 3 is 2.55 bits per heavy atom. The maximum atomic E-state index is 14.5. The number of cyclic esters (lactones) is 1. The number of hydrogen-bond acceptors (Lipinski definition) is 11. The Hall–Kier alpha value is -5.69. The number of sulfonamides is 1. The first-order chi connectivity index (χ1) is 27.7. The molecule has 1 aromatic heterocycles. The van der Waals surface area contributed by atoms with Crippen molar-refractivity contribution in [3.05, 3.63) is 72.3 Å². The lowest BCUT2D eigenvalue weighted by Gasteiger charge is -2.35. The Bertz CT molecular complexity index is 2190. The maximum absolute atomic E-state index is 14.5. The molecule has 15 nitrogen and oxygen atoms in total. The van der Waals surface area contributed by atoms with Gasteiger partial charge in [0.25, 0.3) is 5.91 Å². The highest BCUT2D eigenvalue weighted by Crippen LogP contribution is 2.32. The number of aromatic nitrogens is 2. The third kappa shape index (κ3) is 9.53. The molecule has 6 rings (SSSR count). The number of nitrogens with zero attached hydrogens (tertiary/aromatic N) is 3. The molecule has 4 amide bonds. The van der Waals surface area contributed by atoms with Gasteiger partial charge in [0.15, 0.2) is 5.54 Å². The lowest BCUT2D eigenvalue weighted by molar-refractivity contribution is -0.142. The second-order valence-electron chi connectivity index (χ2n) is 15.5. The van der Waals surface area contributed by atoms with E-state index in [2.05, 4.69) is 33.2 Å². The summed E-state index contributed by atoms with van der Waals surface area (Å²) in [4.78, 5) is 66.7. The van der Waals surface area contributed by atoms with Gasteiger partial charge < -0.3 is 30.3 Å². The smallest absolute Gasteiger partial charge is 0.407 e. The molecule has 1 saturated carbocycles. The topological polar surface area (TPSA) is 198 Å². The molecule has 3 aliphatic rings. The van der Waals surface area contributed by atoms with E-state index in [1.165, 1.54) is 17.9 Å². The fraction of sp³-hybridized carbons (Fsp3) is 0.476. The second kappa shape index (κ2) is 17.8. The molecular weight excluding hydrogens is 763 g/mol. The minimum absolute atomic E-state index is 0.0735. The standard InChI is InChI=1S/C42H51N7O8S/c1-6-27(5)42(7-2,39(52)48-58(54,55)31-18-19-31)47-36(50)34-23-30-25-49(34)38(51)35(26(3)4)45-41(53)56-21-13-9-12-14-28-17-20-33-32(22-28)37(57-30)46-40(44-33)43-24-29-15-10-8-11-16-29/h2,6,8,10-11,15-17,20,22,26-27,30-31,34-35H,1,9,12-14,18-19,21,23-25H2,3-5H3,(H,45,53)(H,47,50)(H,48,52)(H,43,44,46)/t27-,30+,34-,35-,42?/m0/s1. The number of rotatable bonds is 11. The number of hydrogen-bond donors (Lipinski definition) is 4. The van der Waals surface area contributed by atoms with Crippen LogP contribution in [0.3, 0.4) is 0 Å². The number of terminal acetylenes is 1. The SMILES string of the molecule is C#CC(NC(=O)[C@@H]1C[C@@H]2CN1C(=O)[C@H](C(C)C)NC(=O)OCCCCCc1ccc3nc(NCc4ccccc4)nc(c3c1)O2)(C(=O)NS(=O)(=O)C1CC1)[C@@H](C)C=C. The van der Waals surface area contributed by atoms with Crippen LogP contribution in [0.5, 0.6) is 5.88 Å². The van der Waals surface area contributed by atoms with Gasteiger partial charge in [0.05, 0.1) is 29.3 Å². The van der Waals surface area contributed by atoms with Gasteiger partial charge in [-0.05, 0) is 67.7 Å². The number of alkyl carbamates (subject to hydrolysis) is 1. The van der Waals surface area contributed by atoms with Crippen LogP contribution in [-0.2, 0) is 42.1 Å². The molecule has 2 fully saturated rings. The van der Waals surface area contributed by atoms with E-state index in [0.29, 0.717) is 42.7 Å². The van der Waals surface area contributed by atoms with Gasteiger partial charge in [-0.2, -0.15) is 4.98 Å². The lowest BCUT2D eigenvalue weighted by atomic mass is 9.84. The molecule has 2 aromatic carbocycles. The zero-order chi connectivity index (χ0) is 41.6. The third-order valence-electron chi connectivity index (χ3n) is 10.8. The highest BCUT2D eigenvalue weighted by atomic mass is 32.2. The highest BCUT2D eigenvalue weighted by Gasteiger charge is 2.50. The first kappa shape index (κ1) is 41.9. The Morgan fingerprint density at radius 1 is 1.10 bits per heavy atom. The summed E-state index contributed by atoms with van der Waals surface area (Å²) < 4.78 is 39.9. The molecule has 1 saturated heterocycles. The summed E-state index contributed by atoms with van der Waals surface area (Å²) >= 11 is 0. The lowest BCUT2D eigenvalue weighted by Crippen LogP contribution is -2.65. The predicted octanol–water partition coefficient (Wildman–Crippen LogP) is 3.99. The zero-order valence-electron chi connectivity index (χ0n) is 33.0. The van der Waals surface area contributed by atoms with Gasteiger partial charge in [-0.3, -0.25) is 14.4 Å². The van der Waals surface area contributed by atoms with Gasteiger partial charge in [0.1, 0.15) is 18.2 Å². The van der Waals surface area contributed by atoms with Crippen molar-refractivity contribution in [3.8, 4) is 18.2 Å². The molecule has 0 radical (unpaired) electrons. The molecule has 2 aliphatic heterocycles. The van der Waals surface area contributed by atoms with Gasteiger partial charge in [-0.25, -0.2) is 22.9 Å². The van der Waals surface area contributed by atoms with Crippen LogP contribution in [0.25, 0.3) is 10.9 Å². The second-order valence-corrected chi connectivity index (χ2v) is 17.4. The number of anilines is 1. The minimum Gasteiger partial charge on any atom is -0.472 e. The molecule has 308 valence electrons. The molecular formula is C42H51N7O8S. The molecule has 5 atom stereocenters. The van der Waals surface area contributed by atoms with E-state index < -0.39 is 74.7 Å². The molecule has 16 heteroatoms. The number of nitrogens with one attached hydrogen (secondary N) is 4. The molecule has 1 aliphatic carbocycles. The summed E-state index contributed by atoms with van der Waals surface area (Å²) in [6.07, 6.45) is 9.39. The summed E-state index contributed by atoms with van der Waals surface area (Å²) in [6.45, 7) is 9.26. The van der Waals surface area contributed by atoms with Crippen molar-refractivity contribution in [2.45, 2.75) is 101 Å². The first-order valence-corrected chi connectivity index (χ1v) is 21.3. The van der Waals surface area contributed by atoms with Crippen LogP contribution in [-0.4, -0.2) is 89.2 Å². The van der Waals surface area contributed by atoms with Crippen LogP contribution in [0.1, 0.15) is 70.4 Å². The quantitative estimate of drug-likeness (QED) is 0.161. The predicted molar refractivity (Wildman–Crippen MR) is 218 cm³/mol. The third-order valence-corrected chi connectivity index (χ3v) is 12.7. The van der Waals surface area contributed by atoms with Crippen LogP contribution in [0.4, 0.5) is 10.7 Å². The molecule has 4 N–H and O–H groups in total. The summed E-state index contributed by atoms with van der Waals surface area (Å²) in [5.41, 5.74) is 0.466. The Labute approximate surface area is 339 Å². The van der Waals surface area contributed by atoms with Crippen molar-refractivity contribution < 1.29 is 37.1 Å². The number of carbonyl (C=O) groups is 4. The van der Waals surface area contributed by atoms with Gasteiger partial charge in [-0.1, -0.05) is 69.2 Å². The Morgan fingerprint density at radius 2 is 1.86 bits per heavy atom. The van der Waals surface area contributed by atoms with Crippen LogP contribution in [0.15, 0.2) is 61.2 Å². The molecule has 0 spiro atoms. The van der Waals surface area contributed by atoms with Crippen molar-refractivity contribution in [3.63, 3.8) is 0 Å². The van der Waals surface area contributed by atoms with E-state index in [1.54, 1.807) is 13.8 Å². The maximum Gasteiger partial charge on any atom is 0.407 e. The van der Waals surface area contributed by atoms with E-state index in [4.69, 9.17) is 25.9 Å². The minimum atomic E-state index is -4.06. The summed E-state index contributed by atoms with van der Waals surface area (Å²) in [5, 5.41) is 8.50. The van der Waals surface area contributed by atoms with E-state index >= 15 is 0 Å². The number of benzene rings is 2. The van der Waals surface area contributed by atoms with Crippen LogP contribution < -0.4 is 25.4 Å². The Kier molecular flexibility index (Phi) is 12.9. The monoisotopic (exact) mass is 813 g/mol. The van der Waals surface area contributed by atoms with Crippen molar-refractivity contribution in [1.29, 1.82) is 0 Å². The number of ether oxygens (including phenoxy) is 2. The van der Waals surface area contributed by atoms with Gasteiger partial charge in [0.2, 0.25) is 33.7 Å². The van der Waals surface area contributed by atoms with Crippen molar-refractivity contribution >= 4 is 50.7 Å². The van der Waals surface area contributed by atoms with E-state index in [0.717, 1.165) is 30.4 Å². The van der Waals surface area contributed by atoms with E-state index in [-0.39, 0.29) is 25.5 Å². The average Bonchev–Trinajstić information content (AvgIpc) is 3.99. The summed E-state index contributed by atoms with van der Waals surface area (Å²) in [5.74, 6) is -1.03. The van der Waals surface area contributed by atoms with Crippen molar-refractivity contribution in [2.75, 3.05) is 18.5 Å². The molecule has 3 heterocycles. The highest BCUT2D eigenvalue weighted by molar-refractivity contribution is 7.91. The fourth-order valence-electron chi connectivity index (χ4n) is 7.15. The van der Waals surface area contributed by atoms with Crippen molar-refractivity contribution in [2.24, 2.45) is 11.8 Å². The number of amides is 4. The number of carbonyl (C=O) groups excluding carboxylic acids is 4. The van der Waals surface area contributed by atoms with E-state index in [9.17, 15) is 27.6 Å². The van der Waals surface area contributed by atoms with Gasteiger partial charge >= 0.3 is 6.09 Å².